The van der Waals surface area contributed by atoms with E-state index in [9.17, 15) is 22.4 Å². The number of hydrogen-bond acceptors (Lipinski definition) is 4. The highest BCUT2D eigenvalue weighted by Gasteiger charge is 2.42. The molecular weight excluding hydrogens is 425 g/mol. The van der Waals surface area contributed by atoms with Gasteiger partial charge in [0.05, 0.1) is 17.9 Å². The first-order valence-electron chi connectivity index (χ1n) is 8.67. The number of amides is 1. The first-order chi connectivity index (χ1) is 12.3. The summed E-state index contributed by atoms with van der Waals surface area (Å²) in [6.45, 7) is -1.46. The third-order valence-corrected chi connectivity index (χ3v) is 4.91. The monoisotopic (exact) mass is 447 g/mol. The molecule has 0 radical (unpaired) electrons. The molecule has 1 aliphatic carbocycles. The van der Waals surface area contributed by atoms with Crippen LogP contribution >= 0.6 is 24.8 Å². The Kier molecular flexibility index (Phi) is 9.23. The number of anilines is 1. The highest BCUT2D eigenvalue weighted by Crippen LogP contribution is 2.33. The predicted molar refractivity (Wildman–Crippen MR) is 101 cm³/mol. The van der Waals surface area contributed by atoms with Gasteiger partial charge in [0, 0.05) is 12.1 Å². The number of carbonyl (C=O) groups is 1. The van der Waals surface area contributed by atoms with Gasteiger partial charge in [-0.05, 0) is 31.2 Å². The topological polar surface area (TPSA) is 63.2 Å². The minimum atomic E-state index is -4.24. The van der Waals surface area contributed by atoms with E-state index in [1.54, 1.807) is 0 Å². The van der Waals surface area contributed by atoms with Crippen LogP contribution < -0.4 is 15.4 Å². The summed E-state index contributed by atoms with van der Waals surface area (Å²) in [5, 5.41) is 6.08. The minimum Gasteiger partial charge on any atom is -0.471 e. The molecular formula is C17H23Cl2F4N3O2. The molecule has 1 saturated heterocycles. The molecule has 1 aliphatic heterocycles. The Morgan fingerprint density at radius 3 is 2.61 bits per heavy atom. The second kappa shape index (κ2) is 10.5. The summed E-state index contributed by atoms with van der Waals surface area (Å²) in [5.74, 6) is -4.09. The van der Waals surface area contributed by atoms with Gasteiger partial charge in [-0.25, -0.2) is 13.8 Å². The molecule has 0 aromatic carbocycles. The van der Waals surface area contributed by atoms with E-state index < -0.39 is 19.0 Å². The zero-order valence-electron chi connectivity index (χ0n) is 14.9. The average molecular weight is 448 g/mol. The van der Waals surface area contributed by atoms with E-state index in [4.69, 9.17) is 0 Å². The number of hydrogen-bond donors (Lipinski definition) is 2. The molecule has 28 heavy (non-hydrogen) atoms. The van der Waals surface area contributed by atoms with Crippen LogP contribution in [0.25, 0.3) is 0 Å². The van der Waals surface area contributed by atoms with Gasteiger partial charge in [-0.1, -0.05) is 12.8 Å². The van der Waals surface area contributed by atoms with Gasteiger partial charge in [0.2, 0.25) is 11.8 Å². The van der Waals surface area contributed by atoms with Gasteiger partial charge in [0.25, 0.3) is 0 Å². The molecule has 0 spiro atoms. The van der Waals surface area contributed by atoms with Crippen LogP contribution in [0, 0.1) is 5.92 Å². The van der Waals surface area contributed by atoms with Gasteiger partial charge in [-0.3, -0.25) is 4.79 Å². The highest BCUT2D eigenvalue weighted by atomic mass is 35.5. The third kappa shape index (κ3) is 6.09. The molecule has 2 N–H and O–H groups in total. The quantitative estimate of drug-likeness (QED) is 0.645. The Hall–Kier alpha value is -1.32. The fourth-order valence-electron chi connectivity index (χ4n) is 3.52. The second-order valence-electron chi connectivity index (χ2n) is 6.83. The van der Waals surface area contributed by atoms with Gasteiger partial charge in [-0.15, -0.1) is 24.8 Å². The Labute approximate surface area is 172 Å². The molecule has 0 bridgehead atoms. The van der Waals surface area contributed by atoms with Crippen molar-refractivity contribution in [2.75, 3.05) is 11.9 Å². The van der Waals surface area contributed by atoms with Gasteiger partial charge in [0.1, 0.15) is 0 Å². The minimum absolute atomic E-state index is 0. The van der Waals surface area contributed by atoms with Gasteiger partial charge in [-0.2, -0.15) is 8.78 Å². The Morgan fingerprint density at radius 2 is 2.00 bits per heavy atom. The van der Waals surface area contributed by atoms with E-state index >= 15 is 0 Å². The number of aromatic nitrogens is 1. The average Bonchev–Trinajstić information content (AvgIpc) is 3.05. The number of rotatable bonds is 6. The zero-order chi connectivity index (χ0) is 18.7. The maximum Gasteiger partial charge on any atom is 0.340 e. The highest BCUT2D eigenvalue weighted by molar-refractivity contribution is 5.95. The van der Waals surface area contributed by atoms with Crippen molar-refractivity contribution in [2.45, 2.75) is 56.5 Å². The van der Waals surface area contributed by atoms with E-state index in [-0.39, 0.29) is 42.6 Å². The summed E-state index contributed by atoms with van der Waals surface area (Å²) in [7, 11) is 0. The van der Waals surface area contributed by atoms with Crippen LogP contribution in [0.1, 0.15) is 32.1 Å². The number of carbonyl (C=O) groups excluding carboxylic acids is 1. The number of halogens is 6. The summed E-state index contributed by atoms with van der Waals surface area (Å²) in [6, 6.07) is 2.82. The summed E-state index contributed by atoms with van der Waals surface area (Å²) < 4.78 is 54.4. The lowest BCUT2D eigenvalue weighted by atomic mass is 9.85. The first-order valence-corrected chi connectivity index (χ1v) is 8.67. The lowest BCUT2D eigenvalue weighted by molar-refractivity contribution is -0.148. The summed E-state index contributed by atoms with van der Waals surface area (Å²) in [6.07, 6.45) is 2.85. The smallest absolute Gasteiger partial charge is 0.340 e. The van der Waals surface area contributed by atoms with Crippen LogP contribution in [0.5, 0.6) is 5.88 Å². The lowest BCUT2D eigenvalue weighted by Crippen LogP contribution is -2.39. The maximum absolute atomic E-state index is 12.8. The molecule has 5 nitrogen and oxygen atoms in total. The van der Waals surface area contributed by atoms with E-state index in [0.717, 1.165) is 19.3 Å². The van der Waals surface area contributed by atoms with Crippen molar-refractivity contribution in [3.8, 4) is 5.88 Å². The summed E-state index contributed by atoms with van der Waals surface area (Å²) >= 11 is 0. The summed E-state index contributed by atoms with van der Waals surface area (Å²) in [5.41, 5.74) is 0.389. The van der Waals surface area contributed by atoms with Crippen molar-refractivity contribution in [3.05, 3.63) is 18.3 Å². The largest absolute Gasteiger partial charge is 0.471 e. The molecule has 2 aliphatic rings. The lowest BCUT2D eigenvalue weighted by Gasteiger charge is -2.24. The van der Waals surface area contributed by atoms with Crippen LogP contribution in [0.4, 0.5) is 23.2 Å². The van der Waals surface area contributed by atoms with Crippen LogP contribution in [-0.4, -0.2) is 41.9 Å². The van der Waals surface area contributed by atoms with E-state index in [1.807, 2.05) is 0 Å². The van der Waals surface area contributed by atoms with Crippen molar-refractivity contribution in [1.29, 1.82) is 0 Å². The number of fused-ring (bicyclic) bond motifs is 1. The number of ether oxygens (including phenoxy) is 1. The van der Waals surface area contributed by atoms with E-state index in [1.165, 1.54) is 31.2 Å². The molecule has 160 valence electrons. The molecule has 3 rings (SSSR count). The molecule has 3 unspecified atom stereocenters. The molecule has 1 saturated carbocycles. The molecule has 2 fully saturated rings. The molecule has 3 atom stereocenters. The number of alkyl halides is 4. The van der Waals surface area contributed by atoms with Gasteiger partial charge in [0.15, 0.2) is 6.61 Å². The van der Waals surface area contributed by atoms with Gasteiger partial charge >= 0.3 is 12.3 Å². The molecule has 11 heteroatoms. The number of pyridine rings is 1. The Balaban J connectivity index is 0.00000196. The second-order valence-corrected chi connectivity index (χ2v) is 6.83. The summed E-state index contributed by atoms with van der Waals surface area (Å²) in [4.78, 5) is 16.1. The van der Waals surface area contributed by atoms with Crippen molar-refractivity contribution in [2.24, 2.45) is 5.92 Å². The first kappa shape index (κ1) is 24.7. The fourth-order valence-corrected chi connectivity index (χ4v) is 3.52. The van der Waals surface area contributed by atoms with Gasteiger partial charge < -0.3 is 15.4 Å². The van der Waals surface area contributed by atoms with Crippen LogP contribution in [0.3, 0.4) is 0 Å². The van der Waals surface area contributed by atoms with E-state index in [2.05, 4.69) is 20.4 Å². The molecule has 1 amide bonds. The standard InChI is InChI=1S/C17H21F4N3O2.2ClH/c18-16(19)17(20,21)9-26-14-6-5-11(8-22-14)23-15(25)13-7-10-3-1-2-4-12(10)24-13;;/h5-6,8,10,12-13,16,24H,1-4,7,9H2,(H,23,25);2*1H. The Morgan fingerprint density at radius 1 is 1.29 bits per heavy atom. The third-order valence-electron chi connectivity index (χ3n) is 4.91. The maximum atomic E-state index is 12.8. The van der Waals surface area contributed by atoms with Crippen LogP contribution in [-0.2, 0) is 4.79 Å². The normalized spacial score (nSPS) is 24.0. The number of nitrogens with one attached hydrogen (secondary N) is 2. The van der Waals surface area contributed by atoms with E-state index in [0.29, 0.717) is 17.6 Å². The van der Waals surface area contributed by atoms with Crippen molar-refractivity contribution >= 4 is 36.4 Å². The number of nitrogens with zero attached hydrogens (tertiary/aromatic N) is 1. The SMILES string of the molecule is Cl.Cl.O=C(Nc1ccc(OCC(F)(F)C(F)F)nc1)C1CC2CCCCC2N1. The molecule has 1 aromatic rings. The van der Waals surface area contributed by atoms with Crippen LogP contribution in [0.2, 0.25) is 0 Å². The van der Waals surface area contributed by atoms with Crippen molar-refractivity contribution in [1.82, 2.24) is 10.3 Å². The van der Waals surface area contributed by atoms with Crippen molar-refractivity contribution < 1.29 is 27.1 Å². The molecule has 1 aromatic heterocycles. The Bertz CT molecular complexity index is 623. The molecule has 2 heterocycles. The fraction of sp³-hybridized carbons (Fsp3) is 0.647. The zero-order valence-corrected chi connectivity index (χ0v) is 16.5. The predicted octanol–water partition coefficient (Wildman–Crippen LogP) is 4.06. The van der Waals surface area contributed by atoms with Crippen LogP contribution in [0.15, 0.2) is 18.3 Å². The van der Waals surface area contributed by atoms with Crippen molar-refractivity contribution in [3.63, 3.8) is 0 Å².